The minimum Gasteiger partial charge on any atom is -0.456 e. The second kappa shape index (κ2) is 14.9. The largest absolute Gasteiger partial charge is 0.456 e. The number of ether oxygens (including phenoxy) is 1. The van der Waals surface area contributed by atoms with Crippen LogP contribution in [0.2, 0.25) is 0 Å². The molecule has 0 amide bonds. The van der Waals surface area contributed by atoms with Crippen molar-refractivity contribution in [3.05, 3.63) is 90.8 Å². The molecule has 1 rings (SSSR count). The van der Waals surface area contributed by atoms with Gasteiger partial charge in [-0.1, -0.05) is 46.6 Å². The minimum absolute atomic E-state index is 0.120. The lowest BCUT2D eigenvalue weighted by Crippen LogP contribution is -2.47. The van der Waals surface area contributed by atoms with Crippen LogP contribution in [0.3, 0.4) is 0 Å². The summed E-state index contributed by atoms with van der Waals surface area (Å²) in [6.07, 6.45) is 17.0. The second-order valence-corrected chi connectivity index (χ2v) is 9.28. The lowest BCUT2D eigenvalue weighted by molar-refractivity contribution is -0.548. The molecule has 0 aromatic carbocycles. The number of esters is 1. The minimum atomic E-state index is -2.27. The van der Waals surface area contributed by atoms with Gasteiger partial charge < -0.3 is 4.74 Å². The third kappa shape index (κ3) is 10.7. The summed E-state index contributed by atoms with van der Waals surface area (Å²) in [4.78, 5) is 33.4. The first-order valence-electron chi connectivity index (χ1n) is 11.9. The molecule has 1 aliphatic rings. The molecule has 1 aliphatic carbocycles. The third-order valence-corrected chi connectivity index (χ3v) is 5.83. The van der Waals surface area contributed by atoms with E-state index in [1.54, 1.807) is 6.08 Å². The third-order valence-electron chi connectivity index (χ3n) is 5.83. The van der Waals surface area contributed by atoms with Crippen molar-refractivity contribution in [2.75, 3.05) is 6.61 Å². The number of nitrogens with zero attached hydrogens (tertiary/aromatic N) is 2. The molecule has 0 saturated carbocycles. The fourth-order valence-corrected chi connectivity index (χ4v) is 3.55. The Balaban J connectivity index is 2.47. The molecular formula is C27H38N2O6. The zero-order valence-electron chi connectivity index (χ0n) is 21.5. The molecule has 0 fully saturated rings. The first-order chi connectivity index (χ1) is 16.5. The van der Waals surface area contributed by atoms with Crippen LogP contribution in [0, 0.1) is 20.2 Å². The topological polar surface area (TPSA) is 113 Å². The predicted octanol–water partition coefficient (Wildman–Crippen LogP) is 6.81. The monoisotopic (exact) mass is 486 g/mol. The lowest BCUT2D eigenvalue weighted by atomic mass is 9.90. The predicted molar refractivity (Wildman–Crippen MR) is 138 cm³/mol. The summed E-state index contributed by atoms with van der Waals surface area (Å²) in [7, 11) is 0. The quantitative estimate of drug-likeness (QED) is 0.115. The second-order valence-electron chi connectivity index (χ2n) is 9.28. The van der Waals surface area contributed by atoms with E-state index in [-0.39, 0.29) is 6.61 Å². The van der Waals surface area contributed by atoms with E-state index in [4.69, 9.17) is 4.74 Å². The van der Waals surface area contributed by atoms with Gasteiger partial charge in [-0.05, 0) is 79.2 Å². The highest BCUT2D eigenvalue weighted by molar-refractivity contribution is 5.82. The molecule has 8 nitrogen and oxygen atoms in total. The van der Waals surface area contributed by atoms with Gasteiger partial charge in [0.25, 0.3) is 5.70 Å². The van der Waals surface area contributed by atoms with Gasteiger partial charge in [0.15, 0.2) is 0 Å². The van der Waals surface area contributed by atoms with Gasteiger partial charge in [-0.25, -0.2) is 4.79 Å². The molecule has 0 radical (unpaired) electrons. The lowest BCUT2D eigenvalue weighted by Gasteiger charge is -2.20. The van der Waals surface area contributed by atoms with E-state index in [9.17, 15) is 25.0 Å². The van der Waals surface area contributed by atoms with Crippen molar-refractivity contribution in [1.82, 2.24) is 0 Å². The maximum Gasteiger partial charge on any atom is 0.390 e. The smallest absolute Gasteiger partial charge is 0.390 e. The van der Waals surface area contributed by atoms with E-state index in [1.807, 2.05) is 6.92 Å². The Kier molecular flexibility index (Phi) is 12.6. The summed E-state index contributed by atoms with van der Waals surface area (Å²) >= 11 is 0. The fraction of sp³-hybridized carbons (Fsp3) is 0.519. The van der Waals surface area contributed by atoms with E-state index >= 15 is 0 Å². The Bertz CT molecular complexity index is 964. The molecule has 1 unspecified atom stereocenters. The van der Waals surface area contributed by atoms with Gasteiger partial charge in [0.1, 0.15) is 13.0 Å². The zero-order chi connectivity index (χ0) is 26.4. The van der Waals surface area contributed by atoms with Gasteiger partial charge in [-0.3, -0.25) is 20.2 Å². The van der Waals surface area contributed by atoms with Crippen molar-refractivity contribution in [3.63, 3.8) is 0 Å². The molecule has 1 atom stereocenters. The Morgan fingerprint density at radius 2 is 1.43 bits per heavy atom. The van der Waals surface area contributed by atoms with Crippen LogP contribution in [-0.4, -0.2) is 28.0 Å². The maximum absolute atomic E-state index is 12.4. The summed E-state index contributed by atoms with van der Waals surface area (Å²) in [5.74, 6) is -1.10. The summed E-state index contributed by atoms with van der Waals surface area (Å²) in [5.41, 5.74) is 2.42. The average molecular weight is 487 g/mol. The van der Waals surface area contributed by atoms with Gasteiger partial charge in [0, 0.05) is 17.1 Å². The summed E-state index contributed by atoms with van der Waals surface area (Å²) in [5, 5.41) is 22.5. The van der Waals surface area contributed by atoms with Crippen molar-refractivity contribution < 1.29 is 19.4 Å². The van der Waals surface area contributed by atoms with Crippen LogP contribution in [-0.2, 0) is 9.53 Å². The number of carbonyl (C=O) groups is 1. The Labute approximate surface area is 208 Å². The number of nitro groups is 2. The highest BCUT2D eigenvalue weighted by Crippen LogP contribution is 2.28. The van der Waals surface area contributed by atoms with Crippen molar-refractivity contribution in [3.8, 4) is 0 Å². The van der Waals surface area contributed by atoms with E-state index in [0.29, 0.717) is 0 Å². The van der Waals surface area contributed by atoms with Gasteiger partial charge in [-0.15, -0.1) is 0 Å². The Hall–Kier alpha value is -3.29. The van der Waals surface area contributed by atoms with E-state index < -0.39 is 33.5 Å². The summed E-state index contributed by atoms with van der Waals surface area (Å²) < 4.78 is 5.11. The van der Waals surface area contributed by atoms with Crippen LogP contribution < -0.4 is 0 Å². The molecule has 0 bridgehead atoms. The normalized spacial score (nSPS) is 18.7. The van der Waals surface area contributed by atoms with Crippen molar-refractivity contribution in [2.24, 2.45) is 0 Å². The highest BCUT2D eigenvalue weighted by atomic mass is 16.6. The summed E-state index contributed by atoms with van der Waals surface area (Å²) in [6.45, 7) is 10.3. The number of hydrogen-bond donors (Lipinski definition) is 0. The zero-order valence-corrected chi connectivity index (χ0v) is 21.5. The molecule has 0 aromatic rings. The molecule has 8 heteroatoms. The highest BCUT2D eigenvalue weighted by Gasteiger charge is 2.54. The maximum atomic E-state index is 12.4. The molecule has 0 saturated heterocycles. The van der Waals surface area contributed by atoms with Crippen LogP contribution in [0.25, 0.3) is 0 Å². The molecule has 0 aromatic heterocycles. The first-order valence-corrected chi connectivity index (χ1v) is 11.9. The van der Waals surface area contributed by atoms with E-state index in [1.165, 1.54) is 16.7 Å². The van der Waals surface area contributed by atoms with Crippen LogP contribution in [0.5, 0.6) is 0 Å². The SMILES string of the molecule is CC(C)=CCC/C(C)=C/CC/C(C)=C/CC/C(C)=C/COC(=O)C1([N+](=O)[O-])C=CC=C([N+](=O)[O-])C1. The molecule has 35 heavy (non-hydrogen) atoms. The molecule has 0 spiro atoms. The van der Waals surface area contributed by atoms with E-state index in [0.717, 1.165) is 62.3 Å². The molecular weight excluding hydrogens is 448 g/mol. The number of rotatable bonds is 14. The average Bonchev–Trinajstić information content (AvgIpc) is 2.78. The fourth-order valence-electron chi connectivity index (χ4n) is 3.55. The van der Waals surface area contributed by atoms with Gasteiger partial charge >= 0.3 is 11.5 Å². The first kappa shape index (κ1) is 29.7. The van der Waals surface area contributed by atoms with Crippen LogP contribution in [0.15, 0.2) is 70.5 Å². The number of hydrogen-bond acceptors (Lipinski definition) is 6. The molecule has 0 heterocycles. The van der Waals surface area contributed by atoms with Crippen LogP contribution in [0.4, 0.5) is 0 Å². The van der Waals surface area contributed by atoms with E-state index in [2.05, 4.69) is 45.9 Å². The van der Waals surface area contributed by atoms with Gasteiger partial charge in [-0.2, -0.15) is 0 Å². The van der Waals surface area contributed by atoms with Crippen LogP contribution in [0.1, 0.15) is 79.6 Å². The van der Waals surface area contributed by atoms with Crippen LogP contribution >= 0.6 is 0 Å². The Morgan fingerprint density at radius 3 is 1.91 bits per heavy atom. The molecule has 0 N–H and O–H groups in total. The van der Waals surface area contributed by atoms with Gasteiger partial charge in [0.05, 0.1) is 4.92 Å². The van der Waals surface area contributed by atoms with Crippen molar-refractivity contribution in [1.29, 1.82) is 0 Å². The number of carbonyl (C=O) groups excluding carboxylic acids is 1. The molecule has 0 aliphatic heterocycles. The molecule has 192 valence electrons. The van der Waals surface area contributed by atoms with Crippen molar-refractivity contribution >= 4 is 5.97 Å². The summed E-state index contributed by atoms with van der Waals surface area (Å²) in [6, 6.07) is 0. The standard InChI is InChI=1S/C27H38N2O6/c1-21(2)10-6-11-22(3)12-7-13-23(4)14-8-15-24(5)17-19-35-26(30)27(29(33)34)18-9-16-25(20-27)28(31)32/h9-10,12,14,16-18H,6-8,11,13,15,19-20H2,1-5H3/b22-12+,23-14+,24-17+. The Morgan fingerprint density at radius 1 is 0.914 bits per heavy atom. The number of allylic oxidation sites excluding steroid dienone is 9. The van der Waals surface area contributed by atoms with Gasteiger partial charge in [0.2, 0.25) is 0 Å². The van der Waals surface area contributed by atoms with Crippen molar-refractivity contribution in [2.45, 2.75) is 85.1 Å².